The molecule has 324 valence electrons. The Bertz CT molecular complexity index is 2280. The standard InChI is InChI=1S/C38H41F3N10O10/c1-49(37(57)31-25(19-50(2)48-31)45-32(53)26-20-61-34(46-26)22-8-9-43-28(18-22)44-21-38(39,40)41)11-13-59-15-17-60-16-14-58-12-10-42-24-5-3-4-23-30(24)36(56)51(35(23)55)27-6-7-29(52)47-33(27)54/h3-5,8-9,18-20,27,42H,6-7,10-17,21H2,1-2H3,(H,43,44)(H,45,53)(H,47,52,54). The van der Waals surface area contributed by atoms with E-state index in [1.807, 2.05) is 0 Å². The number of aromatic nitrogens is 4. The molecule has 0 radical (unpaired) electrons. The summed E-state index contributed by atoms with van der Waals surface area (Å²) in [5.74, 6) is -3.64. The summed E-state index contributed by atoms with van der Waals surface area (Å²) < 4.78 is 61.2. The number of oxazole rings is 1. The number of piperidine rings is 1. The minimum absolute atomic E-state index is 0.0301. The van der Waals surface area contributed by atoms with Gasteiger partial charge in [0.05, 0.1) is 56.5 Å². The van der Waals surface area contributed by atoms with Crippen LogP contribution in [0.25, 0.3) is 11.5 Å². The van der Waals surface area contributed by atoms with Crippen LogP contribution in [0.4, 0.5) is 30.4 Å². The van der Waals surface area contributed by atoms with Gasteiger partial charge in [0.25, 0.3) is 23.6 Å². The third kappa shape index (κ3) is 11.1. The van der Waals surface area contributed by atoms with E-state index in [0.29, 0.717) is 12.2 Å². The third-order valence-corrected chi connectivity index (χ3v) is 9.18. The Morgan fingerprint density at radius 3 is 2.46 bits per heavy atom. The third-order valence-electron chi connectivity index (χ3n) is 9.18. The van der Waals surface area contributed by atoms with E-state index in [9.17, 15) is 41.9 Å². The van der Waals surface area contributed by atoms with Crippen LogP contribution in [0.3, 0.4) is 0 Å². The fraction of sp³-hybridized carbons (Fsp3) is 0.395. The maximum atomic E-state index is 13.2. The van der Waals surface area contributed by atoms with E-state index in [-0.39, 0.29) is 105 Å². The number of benzene rings is 1. The van der Waals surface area contributed by atoms with Gasteiger partial charge in [-0.1, -0.05) is 6.07 Å². The molecule has 61 heavy (non-hydrogen) atoms. The van der Waals surface area contributed by atoms with Crippen LogP contribution < -0.4 is 21.3 Å². The van der Waals surface area contributed by atoms with Gasteiger partial charge < -0.3 is 39.5 Å². The molecular formula is C38H41F3N10O10. The van der Waals surface area contributed by atoms with Crippen molar-refractivity contribution >= 4 is 52.6 Å². The fourth-order valence-electron chi connectivity index (χ4n) is 6.23. The maximum absolute atomic E-state index is 13.2. The molecule has 1 unspecified atom stereocenters. The molecule has 0 spiro atoms. The fourth-order valence-corrected chi connectivity index (χ4v) is 6.23. The quantitative estimate of drug-likeness (QED) is 0.0737. The molecule has 5 heterocycles. The monoisotopic (exact) mass is 854 g/mol. The maximum Gasteiger partial charge on any atom is 0.405 e. The second-order valence-corrected chi connectivity index (χ2v) is 13.6. The molecule has 1 saturated heterocycles. The number of halogens is 3. The SMILES string of the molecule is CN(CCOCCOCCOCCNc1cccc2c1C(=O)N(C1CCC(=O)NC1=O)C2=O)C(=O)c1nn(C)cc1NC(=O)c1coc(-c2ccnc(NCC(F)(F)F)c2)n1. The van der Waals surface area contributed by atoms with Crippen molar-refractivity contribution in [1.29, 1.82) is 0 Å². The molecular weight excluding hydrogens is 813 g/mol. The number of ether oxygens (including phenoxy) is 3. The smallest absolute Gasteiger partial charge is 0.405 e. The molecule has 0 aliphatic carbocycles. The molecule has 4 N–H and O–H groups in total. The second kappa shape index (κ2) is 19.6. The number of alkyl halides is 3. The molecule has 6 amide bonds. The summed E-state index contributed by atoms with van der Waals surface area (Å²) in [5.41, 5.74) is 0.951. The Morgan fingerprint density at radius 2 is 1.72 bits per heavy atom. The van der Waals surface area contributed by atoms with Crippen LogP contribution in [0, 0.1) is 0 Å². The van der Waals surface area contributed by atoms with Crippen molar-refractivity contribution in [3.05, 3.63) is 71.5 Å². The first-order valence-electron chi connectivity index (χ1n) is 18.8. The summed E-state index contributed by atoms with van der Waals surface area (Å²) in [6, 6.07) is 6.49. The van der Waals surface area contributed by atoms with E-state index in [4.69, 9.17) is 18.6 Å². The highest BCUT2D eigenvalue weighted by atomic mass is 19.4. The van der Waals surface area contributed by atoms with Gasteiger partial charge >= 0.3 is 6.18 Å². The number of imide groups is 2. The molecule has 6 rings (SSSR count). The van der Waals surface area contributed by atoms with Crippen LogP contribution in [-0.4, -0.2) is 144 Å². The topological polar surface area (TPSA) is 241 Å². The molecule has 0 bridgehead atoms. The molecule has 20 nitrogen and oxygen atoms in total. The number of nitrogens with zero attached hydrogens (tertiary/aromatic N) is 6. The van der Waals surface area contributed by atoms with Crippen molar-refractivity contribution in [3.8, 4) is 11.5 Å². The van der Waals surface area contributed by atoms with Crippen molar-refractivity contribution in [2.45, 2.75) is 25.1 Å². The number of rotatable bonds is 20. The predicted molar refractivity (Wildman–Crippen MR) is 206 cm³/mol. The van der Waals surface area contributed by atoms with E-state index >= 15 is 0 Å². The van der Waals surface area contributed by atoms with Gasteiger partial charge in [-0.25, -0.2) is 9.97 Å². The summed E-state index contributed by atoms with van der Waals surface area (Å²) in [5, 5.41) is 14.2. The van der Waals surface area contributed by atoms with Gasteiger partial charge in [-0.05, 0) is 30.7 Å². The number of carbonyl (C=O) groups excluding carboxylic acids is 6. The zero-order valence-corrected chi connectivity index (χ0v) is 32.9. The van der Waals surface area contributed by atoms with Gasteiger partial charge in [-0.2, -0.15) is 18.3 Å². The highest BCUT2D eigenvalue weighted by Gasteiger charge is 2.45. The number of amides is 6. The highest BCUT2D eigenvalue weighted by molar-refractivity contribution is 6.25. The summed E-state index contributed by atoms with van der Waals surface area (Å²) in [4.78, 5) is 86.6. The van der Waals surface area contributed by atoms with Crippen LogP contribution >= 0.6 is 0 Å². The van der Waals surface area contributed by atoms with Crippen molar-refractivity contribution in [3.63, 3.8) is 0 Å². The molecule has 4 aromatic rings. The Hall–Kier alpha value is -6.72. The minimum Gasteiger partial charge on any atom is -0.444 e. The lowest BCUT2D eigenvalue weighted by Gasteiger charge is -2.27. The van der Waals surface area contributed by atoms with Crippen LogP contribution in [0.2, 0.25) is 0 Å². The Labute approximate surface area is 345 Å². The van der Waals surface area contributed by atoms with E-state index in [0.717, 1.165) is 11.2 Å². The summed E-state index contributed by atoms with van der Waals surface area (Å²) in [6.07, 6.45) is -0.576. The van der Waals surface area contributed by atoms with Crippen LogP contribution in [0.1, 0.15) is 54.5 Å². The van der Waals surface area contributed by atoms with E-state index in [2.05, 4.69) is 36.3 Å². The lowest BCUT2D eigenvalue weighted by molar-refractivity contribution is -0.136. The first-order chi connectivity index (χ1) is 29.2. The number of fused-ring (bicyclic) bond motifs is 1. The lowest BCUT2D eigenvalue weighted by atomic mass is 10.0. The van der Waals surface area contributed by atoms with Gasteiger partial charge in [-0.15, -0.1) is 0 Å². The number of aryl methyl sites for hydroxylation is 1. The van der Waals surface area contributed by atoms with Crippen molar-refractivity contribution < 1.29 is 60.6 Å². The van der Waals surface area contributed by atoms with Gasteiger partial charge in [0.2, 0.25) is 17.7 Å². The number of hydrogen-bond acceptors (Lipinski definition) is 15. The molecule has 23 heteroatoms. The average molecular weight is 855 g/mol. The Balaban J connectivity index is 0.854. The van der Waals surface area contributed by atoms with Crippen molar-refractivity contribution in [1.82, 2.24) is 34.9 Å². The molecule has 2 aliphatic rings. The summed E-state index contributed by atoms with van der Waals surface area (Å²) in [6.45, 7) is 0.685. The predicted octanol–water partition coefficient (Wildman–Crippen LogP) is 2.33. The van der Waals surface area contributed by atoms with Crippen LogP contribution in [0.15, 0.2) is 53.4 Å². The molecule has 1 aromatic carbocycles. The average Bonchev–Trinajstić information content (AvgIpc) is 3.93. The highest BCUT2D eigenvalue weighted by Crippen LogP contribution is 2.32. The number of anilines is 3. The van der Waals surface area contributed by atoms with Crippen molar-refractivity contribution in [2.75, 3.05) is 82.3 Å². The zero-order valence-electron chi connectivity index (χ0n) is 32.9. The largest absolute Gasteiger partial charge is 0.444 e. The van der Waals surface area contributed by atoms with Gasteiger partial charge in [0.1, 0.15) is 24.7 Å². The normalized spacial score (nSPS) is 15.2. The molecule has 0 saturated carbocycles. The minimum atomic E-state index is -4.45. The van der Waals surface area contributed by atoms with E-state index < -0.39 is 54.2 Å². The first kappa shape index (κ1) is 43.8. The van der Waals surface area contributed by atoms with E-state index in [1.165, 1.54) is 40.2 Å². The summed E-state index contributed by atoms with van der Waals surface area (Å²) in [7, 11) is 3.12. The zero-order chi connectivity index (χ0) is 43.7. The Kier molecular flexibility index (Phi) is 14.1. The molecule has 3 aromatic heterocycles. The van der Waals surface area contributed by atoms with Crippen LogP contribution in [0.5, 0.6) is 0 Å². The number of carbonyl (C=O) groups is 6. The van der Waals surface area contributed by atoms with Crippen molar-refractivity contribution in [2.24, 2.45) is 7.05 Å². The van der Waals surface area contributed by atoms with Gasteiger partial charge in [0.15, 0.2) is 11.4 Å². The van der Waals surface area contributed by atoms with Gasteiger partial charge in [0, 0.05) is 57.3 Å². The van der Waals surface area contributed by atoms with Crippen LogP contribution in [-0.2, 0) is 30.8 Å². The second-order valence-electron chi connectivity index (χ2n) is 13.6. The number of likely N-dealkylation sites (N-methyl/N-ethyl adjacent to an activating group) is 1. The van der Waals surface area contributed by atoms with E-state index in [1.54, 1.807) is 26.2 Å². The van der Waals surface area contributed by atoms with Gasteiger partial charge in [-0.3, -0.25) is 43.7 Å². The first-order valence-corrected chi connectivity index (χ1v) is 18.8. The number of pyridine rings is 1. The number of hydrogen-bond donors (Lipinski definition) is 4. The molecule has 1 fully saturated rings. The molecule has 1 atom stereocenters. The Morgan fingerprint density at radius 1 is 0.984 bits per heavy atom. The number of nitrogens with one attached hydrogen (secondary N) is 4. The summed E-state index contributed by atoms with van der Waals surface area (Å²) >= 11 is 0. The lowest BCUT2D eigenvalue weighted by Crippen LogP contribution is -2.54. The molecule has 2 aliphatic heterocycles.